The molecule has 108 valence electrons. The number of aromatic nitrogens is 2. The van der Waals surface area contributed by atoms with Crippen molar-refractivity contribution in [3.63, 3.8) is 0 Å². The van der Waals surface area contributed by atoms with Gasteiger partial charge >= 0.3 is 0 Å². The molecule has 2 rings (SSSR count). The summed E-state index contributed by atoms with van der Waals surface area (Å²) < 4.78 is 31.2. The molecule has 0 aliphatic heterocycles. The minimum atomic E-state index is -3.73. The van der Waals surface area contributed by atoms with Gasteiger partial charge in [-0.3, -0.25) is 0 Å². The average molecular weight is 318 g/mol. The van der Waals surface area contributed by atoms with Crippen LogP contribution in [-0.2, 0) is 23.2 Å². The molecule has 0 saturated carbocycles. The Kier molecular flexibility index (Phi) is 4.39. The van der Waals surface area contributed by atoms with Gasteiger partial charge in [-0.05, 0) is 17.7 Å². The largest absolute Gasteiger partial charge is 0.392 e. The highest BCUT2D eigenvalue weighted by Gasteiger charge is 2.16. The van der Waals surface area contributed by atoms with E-state index in [4.69, 9.17) is 21.2 Å². The first kappa shape index (κ1) is 14.9. The molecule has 1 aromatic heterocycles. The van der Waals surface area contributed by atoms with Gasteiger partial charge < -0.3 is 9.63 Å². The van der Waals surface area contributed by atoms with Gasteiger partial charge in [-0.15, -0.1) is 0 Å². The number of halogens is 1. The second kappa shape index (κ2) is 5.88. The van der Waals surface area contributed by atoms with Crippen molar-refractivity contribution in [1.29, 1.82) is 0 Å². The summed E-state index contributed by atoms with van der Waals surface area (Å²) in [5, 5.41) is 12.8. The topological polar surface area (TPSA) is 105 Å². The summed E-state index contributed by atoms with van der Waals surface area (Å²) in [6.07, 6.45) is 0. The molecule has 1 aromatic carbocycles. The molecule has 2 N–H and O–H groups in total. The molecule has 7 nitrogen and oxygen atoms in total. The van der Waals surface area contributed by atoms with Crippen LogP contribution in [-0.4, -0.2) is 23.7 Å². The van der Waals surface area contributed by atoms with Crippen molar-refractivity contribution < 1.29 is 18.0 Å². The van der Waals surface area contributed by atoms with E-state index in [0.29, 0.717) is 11.5 Å². The zero-order valence-corrected chi connectivity index (χ0v) is 12.1. The Morgan fingerprint density at radius 3 is 2.75 bits per heavy atom. The highest BCUT2D eigenvalue weighted by atomic mass is 35.5. The van der Waals surface area contributed by atoms with Crippen molar-refractivity contribution in [2.75, 3.05) is 0 Å². The summed E-state index contributed by atoms with van der Waals surface area (Å²) in [5.74, 6) is 0.596. The van der Waals surface area contributed by atoms with Gasteiger partial charge in [0.1, 0.15) is 0 Å². The highest BCUT2D eigenvalue weighted by Crippen LogP contribution is 2.20. The minimum absolute atomic E-state index is 0.0000770. The number of aliphatic hydroxyl groups excluding tert-OH is 1. The number of rotatable bonds is 5. The van der Waals surface area contributed by atoms with Crippen LogP contribution in [0.15, 0.2) is 27.6 Å². The molecule has 0 fully saturated rings. The minimum Gasteiger partial charge on any atom is -0.392 e. The van der Waals surface area contributed by atoms with Crippen LogP contribution in [0, 0.1) is 6.92 Å². The quantitative estimate of drug-likeness (QED) is 0.852. The number of nitrogens with one attached hydrogen (secondary N) is 1. The number of benzene rings is 1. The Hall–Kier alpha value is -1.48. The van der Waals surface area contributed by atoms with Crippen molar-refractivity contribution >= 4 is 21.6 Å². The highest BCUT2D eigenvalue weighted by molar-refractivity contribution is 7.89. The van der Waals surface area contributed by atoms with E-state index >= 15 is 0 Å². The van der Waals surface area contributed by atoms with Gasteiger partial charge in [0.25, 0.3) is 0 Å². The van der Waals surface area contributed by atoms with Crippen LogP contribution in [0.1, 0.15) is 17.3 Å². The van der Waals surface area contributed by atoms with Crippen LogP contribution in [0.5, 0.6) is 0 Å². The fourth-order valence-electron chi connectivity index (χ4n) is 1.48. The third kappa shape index (κ3) is 3.34. The number of sulfonamides is 1. The van der Waals surface area contributed by atoms with Gasteiger partial charge in [-0.2, -0.15) is 4.98 Å². The summed E-state index contributed by atoms with van der Waals surface area (Å²) in [5.41, 5.74) is 0.458. The molecule has 0 amide bonds. The van der Waals surface area contributed by atoms with E-state index in [1.165, 1.54) is 18.2 Å². The fraction of sp³-hybridized carbons (Fsp3) is 0.273. The van der Waals surface area contributed by atoms with E-state index in [2.05, 4.69) is 14.9 Å². The molecule has 20 heavy (non-hydrogen) atoms. The van der Waals surface area contributed by atoms with E-state index < -0.39 is 10.0 Å². The molecule has 1 heterocycles. The van der Waals surface area contributed by atoms with Crippen molar-refractivity contribution in [3.05, 3.63) is 40.5 Å². The SMILES string of the molecule is Cc1nc(CNS(=O)(=O)c2ccc(CO)c(Cl)c2)no1. The third-order valence-electron chi connectivity index (χ3n) is 2.50. The molecule has 0 atom stereocenters. The number of aryl methyl sites for hydroxylation is 1. The molecule has 0 spiro atoms. The number of aliphatic hydroxyl groups is 1. The molecule has 0 aliphatic rings. The van der Waals surface area contributed by atoms with Crippen LogP contribution < -0.4 is 4.72 Å². The van der Waals surface area contributed by atoms with Crippen molar-refractivity contribution in [3.8, 4) is 0 Å². The van der Waals surface area contributed by atoms with Crippen molar-refractivity contribution in [2.24, 2.45) is 0 Å². The number of nitrogens with zero attached hydrogens (tertiary/aromatic N) is 2. The maximum atomic E-state index is 12.0. The molecule has 0 aliphatic carbocycles. The number of hydrogen-bond donors (Lipinski definition) is 2. The predicted octanol–water partition coefficient (Wildman–Crippen LogP) is 1.00. The summed E-state index contributed by atoms with van der Waals surface area (Å²) >= 11 is 5.86. The van der Waals surface area contributed by atoms with Crippen molar-refractivity contribution in [2.45, 2.75) is 25.0 Å². The van der Waals surface area contributed by atoms with Crippen LogP contribution in [0.25, 0.3) is 0 Å². The first-order valence-electron chi connectivity index (χ1n) is 5.60. The lowest BCUT2D eigenvalue weighted by Crippen LogP contribution is -2.23. The van der Waals surface area contributed by atoms with E-state index in [1.54, 1.807) is 6.92 Å². The van der Waals surface area contributed by atoms with Crippen LogP contribution in [0.3, 0.4) is 0 Å². The second-order valence-electron chi connectivity index (χ2n) is 3.97. The molecule has 0 unspecified atom stereocenters. The Labute approximate surface area is 120 Å². The Bertz CT molecular complexity index is 714. The lowest BCUT2D eigenvalue weighted by Gasteiger charge is -2.07. The first-order valence-corrected chi connectivity index (χ1v) is 7.46. The van der Waals surface area contributed by atoms with Gasteiger partial charge in [-0.1, -0.05) is 22.8 Å². The summed E-state index contributed by atoms with van der Waals surface area (Å²) in [6.45, 7) is 1.27. The Balaban J connectivity index is 2.15. The van der Waals surface area contributed by atoms with Gasteiger partial charge in [0.05, 0.1) is 18.0 Å². The summed E-state index contributed by atoms with van der Waals surface area (Å²) in [7, 11) is -3.73. The molecular formula is C11H12ClN3O4S. The monoisotopic (exact) mass is 317 g/mol. The van der Waals surface area contributed by atoms with E-state index in [9.17, 15) is 8.42 Å². The Morgan fingerprint density at radius 1 is 1.45 bits per heavy atom. The standard InChI is InChI=1S/C11H12ClN3O4S/c1-7-14-11(15-19-7)5-13-20(17,18)9-3-2-8(6-16)10(12)4-9/h2-4,13,16H,5-6H2,1H3. The van der Waals surface area contributed by atoms with E-state index in [-0.39, 0.29) is 28.9 Å². The van der Waals surface area contributed by atoms with Crippen LogP contribution in [0.4, 0.5) is 0 Å². The smallest absolute Gasteiger partial charge is 0.241 e. The maximum absolute atomic E-state index is 12.0. The fourth-order valence-corrected chi connectivity index (χ4v) is 2.79. The van der Waals surface area contributed by atoms with Gasteiger partial charge in [-0.25, -0.2) is 13.1 Å². The molecule has 2 aromatic rings. The molecule has 0 bridgehead atoms. The molecular weight excluding hydrogens is 306 g/mol. The van der Waals surface area contributed by atoms with Gasteiger partial charge in [0.2, 0.25) is 15.9 Å². The molecule has 0 radical (unpaired) electrons. The molecule has 0 saturated heterocycles. The zero-order valence-electron chi connectivity index (χ0n) is 10.5. The summed E-state index contributed by atoms with van der Waals surface area (Å²) in [4.78, 5) is 3.89. The first-order chi connectivity index (χ1) is 9.42. The maximum Gasteiger partial charge on any atom is 0.241 e. The van der Waals surface area contributed by atoms with Crippen LogP contribution in [0.2, 0.25) is 5.02 Å². The van der Waals surface area contributed by atoms with Gasteiger partial charge in [0.15, 0.2) is 5.82 Å². The number of hydrogen-bond acceptors (Lipinski definition) is 6. The van der Waals surface area contributed by atoms with E-state index in [0.717, 1.165) is 0 Å². The lowest BCUT2D eigenvalue weighted by atomic mass is 10.2. The van der Waals surface area contributed by atoms with Crippen molar-refractivity contribution in [1.82, 2.24) is 14.9 Å². The third-order valence-corrected chi connectivity index (χ3v) is 4.25. The van der Waals surface area contributed by atoms with E-state index in [1.807, 2.05) is 0 Å². The normalized spacial score (nSPS) is 11.8. The van der Waals surface area contributed by atoms with Crippen LogP contribution >= 0.6 is 11.6 Å². The predicted molar refractivity (Wildman–Crippen MR) is 70.4 cm³/mol. The zero-order chi connectivity index (χ0) is 14.8. The lowest BCUT2D eigenvalue weighted by molar-refractivity contribution is 0.282. The Morgan fingerprint density at radius 2 is 2.20 bits per heavy atom. The average Bonchev–Trinajstić information content (AvgIpc) is 2.82. The van der Waals surface area contributed by atoms with Gasteiger partial charge in [0, 0.05) is 11.9 Å². The second-order valence-corrected chi connectivity index (χ2v) is 6.14. The summed E-state index contributed by atoms with van der Waals surface area (Å²) in [6, 6.07) is 4.09. The molecule has 9 heteroatoms.